The molecule has 0 aliphatic rings. The standard InChI is InChI=1S/C22H31NO5/c1-7-26-22(25,27-8-2)21(6,23-19(24)28-20(3,4)5)18-15-11-13-16-12-9-10-14-17(16)18/h9-15,25H,7-8H2,1-6H3,(H,23,24). The third kappa shape index (κ3) is 4.63. The second-order valence-electron chi connectivity index (χ2n) is 7.73. The summed E-state index contributed by atoms with van der Waals surface area (Å²) >= 11 is 0. The molecule has 0 fully saturated rings. The molecular formula is C22H31NO5. The highest BCUT2D eigenvalue weighted by Gasteiger charge is 2.53. The summed E-state index contributed by atoms with van der Waals surface area (Å²) in [5, 5.41) is 16.0. The molecular weight excluding hydrogens is 358 g/mol. The molecule has 0 heterocycles. The van der Waals surface area contributed by atoms with E-state index in [2.05, 4.69) is 5.32 Å². The van der Waals surface area contributed by atoms with E-state index in [0.717, 1.165) is 10.8 Å². The molecule has 0 aliphatic heterocycles. The largest absolute Gasteiger partial charge is 0.444 e. The van der Waals surface area contributed by atoms with E-state index in [9.17, 15) is 9.90 Å². The topological polar surface area (TPSA) is 77.0 Å². The Morgan fingerprint density at radius 3 is 2.11 bits per heavy atom. The van der Waals surface area contributed by atoms with Crippen LogP contribution in [0.3, 0.4) is 0 Å². The summed E-state index contributed by atoms with van der Waals surface area (Å²) in [7, 11) is 0. The van der Waals surface area contributed by atoms with Crippen LogP contribution in [0, 0.1) is 0 Å². The third-order valence-electron chi connectivity index (χ3n) is 4.39. The van der Waals surface area contributed by atoms with Crippen LogP contribution in [0.2, 0.25) is 0 Å². The molecule has 1 atom stereocenters. The van der Waals surface area contributed by atoms with E-state index < -0.39 is 23.2 Å². The molecule has 1 amide bonds. The number of amides is 1. The zero-order valence-electron chi connectivity index (χ0n) is 17.5. The average molecular weight is 389 g/mol. The lowest BCUT2D eigenvalue weighted by Gasteiger charge is -2.44. The number of carbonyl (C=O) groups excluding carboxylic acids is 1. The van der Waals surface area contributed by atoms with Crippen LogP contribution in [0.1, 0.15) is 47.1 Å². The number of nitrogens with one attached hydrogen (secondary N) is 1. The number of carbonyl (C=O) groups is 1. The maximum absolute atomic E-state index is 12.7. The Morgan fingerprint density at radius 1 is 0.964 bits per heavy atom. The van der Waals surface area contributed by atoms with Gasteiger partial charge in [0.05, 0.1) is 0 Å². The Labute approximate surface area is 166 Å². The number of aliphatic hydroxyl groups is 1. The first kappa shape index (κ1) is 22.1. The van der Waals surface area contributed by atoms with Gasteiger partial charge >= 0.3 is 12.1 Å². The predicted octanol–water partition coefficient (Wildman–Crippen LogP) is 4.30. The summed E-state index contributed by atoms with van der Waals surface area (Å²) < 4.78 is 16.7. The smallest absolute Gasteiger partial charge is 0.408 e. The fraction of sp³-hybridized carbons (Fsp3) is 0.500. The van der Waals surface area contributed by atoms with Crippen molar-refractivity contribution in [2.24, 2.45) is 0 Å². The van der Waals surface area contributed by atoms with Crippen molar-refractivity contribution >= 4 is 16.9 Å². The first-order chi connectivity index (χ1) is 13.1. The van der Waals surface area contributed by atoms with E-state index in [0.29, 0.717) is 5.56 Å². The number of hydrogen-bond acceptors (Lipinski definition) is 5. The SMILES string of the molecule is CCOC(O)(OCC)C(C)(NC(=O)OC(C)(C)C)c1cccc2ccccc12. The molecule has 2 aromatic rings. The Balaban J connectivity index is 2.65. The fourth-order valence-electron chi connectivity index (χ4n) is 3.21. The molecule has 0 saturated heterocycles. The quantitative estimate of drug-likeness (QED) is 0.691. The molecule has 0 saturated carbocycles. The van der Waals surface area contributed by atoms with Crippen LogP contribution in [0.25, 0.3) is 10.8 Å². The van der Waals surface area contributed by atoms with E-state index >= 15 is 0 Å². The lowest BCUT2D eigenvalue weighted by Crippen LogP contribution is -2.63. The molecule has 0 bridgehead atoms. The summed E-state index contributed by atoms with van der Waals surface area (Å²) in [5.74, 6) is -2.10. The number of ether oxygens (including phenoxy) is 3. The third-order valence-corrected chi connectivity index (χ3v) is 4.39. The van der Waals surface area contributed by atoms with E-state index in [1.54, 1.807) is 41.5 Å². The molecule has 2 N–H and O–H groups in total. The highest BCUT2D eigenvalue weighted by atomic mass is 16.8. The lowest BCUT2D eigenvalue weighted by atomic mass is 9.85. The van der Waals surface area contributed by atoms with Crippen molar-refractivity contribution in [2.45, 2.75) is 58.7 Å². The Hall–Kier alpha value is -2.15. The van der Waals surface area contributed by atoms with Crippen molar-refractivity contribution in [2.75, 3.05) is 13.2 Å². The fourth-order valence-corrected chi connectivity index (χ4v) is 3.21. The number of rotatable bonds is 7. The zero-order chi connectivity index (χ0) is 21.0. The molecule has 6 heteroatoms. The van der Waals surface area contributed by atoms with Crippen LogP contribution >= 0.6 is 0 Å². The van der Waals surface area contributed by atoms with Crippen molar-refractivity contribution in [3.05, 3.63) is 48.0 Å². The summed E-state index contributed by atoms with van der Waals surface area (Å²) in [6.45, 7) is 10.9. The van der Waals surface area contributed by atoms with Crippen LogP contribution in [-0.4, -0.2) is 36.0 Å². The summed E-state index contributed by atoms with van der Waals surface area (Å²) in [5.41, 5.74) is -1.48. The van der Waals surface area contributed by atoms with E-state index in [4.69, 9.17) is 14.2 Å². The number of alkyl carbamates (subject to hydrolysis) is 1. The van der Waals surface area contributed by atoms with E-state index in [1.807, 2.05) is 42.5 Å². The van der Waals surface area contributed by atoms with Gasteiger partial charge in [0.25, 0.3) is 0 Å². The highest BCUT2D eigenvalue weighted by Crippen LogP contribution is 2.39. The van der Waals surface area contributed by atoms with Crippen LogP contribution in [0.15, 0.2) is 42.5 Å². The van der Waals surface area contributed by atoms with Gasteiger partial charge in [-0.1, -0.05) is 42.5 Å². The monoisotopic (exact) mass is 389 g/mol. The van der Waals surface area contributed by atoms with Gasteiger partial charge in [-0.05, 0) is 57.9 Å². The molecule has 28 heavy (non-hydrogen) atoms. The minimum atomic E-state index is -2.10. The van der Waals surface area contributed by atoms with Gasteiger partial charge in [-0.15, -0.1) is 0 Å². The van der Waals surface area contributed by atoms with Gasteiger partial charge in [0.2, 0.25) is 0 Å². The van der Waals surface area contributed by atoms with Gasteiger partial charge in [-0.3, -0.25) is 0 Å². The van der Waals surface area contributed by atoms with Crippen molar-refractivity contribution in [1.29, 1.82) is 0 Å². The average Bonchev–Trinajstić information content (AvgIpc) is 2.59. The second-order valence-corrected chi connectivity index (χ2v) is 7.73. The maximum Gasteiger partial charge on any atom is 0.408 e. The minimum absolute atomic E-state index is 0.187. The molecule has 2 rings (SSSR count). The summed E-state index contributed by atoms with van der Waals surface area (Å²) in [4.78, 5) is 12.7. The van der Waals surface area contributed by atoms with Gasteiger partial charge < -0.3 is 24.6 Å². The molecule has 0 spiro atoms. The van der Waals surface area contributed by atoms with E-state index in [-0.39, 0.29) is 13.2 Å². The van der Waals surface area contributed by atoms with Gasteiger partial charge in [-0.25, -0.2) is 4.79 Å². The Morgan fingerprint density at radius 2 is 1.54 bits per heavy atom. The highest BCUT2D eigenvalue weighted by molar-refractivity contribution is 5.87. The van der Waals surface area contributed by atoms with Gasteiger partial charge in [0, 0.05) is 13.2 Å². The molecule has 6 nitrogen and oxygen atoms in total. The van der Waals surface area contributed by atoms with Gasteiger partial charge in [0.1, 0.15) is 11.1 Å². The number of fused-ring (bicyclic) bond motifs is 1. The minimum Gasteiger partial charge on any atom is -0.444 e. The number of benzene rings is 2. The summed E-state index contributed by atoms with van der Waals surface area (Å²) in [6, 6.07) is 13.4. The molecule has 0 aliphatic carbocycles. The lowest BCUT2D eigenvalue weighted by molar-refractivity contribution is -0.393. The predicted molar refractivity (Wildman–Crippen MR) is 109 cm³/mol. The second kappa shape index (κ2) is 8.47. The van der Waals surface area contributed by atoms with Crippen molar-refractivity contribution < 1.29 is 24.1 Å². The number of hydrogen-bond donors (Lipinski definition) is 2. The first-order valence-electron chi connectivity index (χ1n) is 9.56. The van der Waals surface area contributed by atoms with Crippen LogP contribution in [0.5, 0.6) is 0 Å². The van der Waals surface area contributed by atoms with Crippen LogP contribution in [-0.2, 0) is 19.7 Å². The van der Waals surface area contributed by atoms with E-state index in [1.165, 1.54) is 0 Å². The van der Waals surface area contributed by atoms with Gasteiger partial charge in [0.15, 0.2) is 0 Å². The first-order valence-corrected chi connectivity index (χ1v) is 9.56. The van der Waals surface area contributed by atoms with Gasteiger partial charge in [-0.2, -0.15) is 0 Å². The normalized spacial score (nSPS) is 14.5. The Bertz CT molecular complexity index is 803. The molecule has 2 aromatic carbocycles. The van der Waals surface area contributed by atoms with Crippen LogP contribution in [0.4, 0.5) is 4.79 Å². The maximum atomic E-state index is 12.7. The molecule has 0 aromatic heterocycles. The molecule has 1 unspecified atom stereocenters. The molecule has 0 radical (unpaired) electrons. The molecule has 154 valence electrons. The Kier molecular flexibility index (Phi) is 6.70. The van der Waals surface area contributed by atoms with Crippen molar-refractivity contribution in [1.82, 2.24) is 5.32 Å². The van der Waals surface area contributed by atoms with Crippen molar-refractivity contribution in [3.63, 3.8) is 0 Å². The zero-order valence-corrected chi connectivity index (χ0v) is 17.5. The van der Waals surface area contributed by atoms with Crippen LogP contribution < -0.4 is 5.32 Å². The summed E-state index contributed by atoms with van der Waals surface area (Å²) in [6.07, 6.45) is -0.680. The van der Waals surface area contributed by atoms with Crippen molar-refractivity contribution in [3.8, 4) is 0 Å².